The molecule has 4 aromatic carbocycles. The summed E-state index contributed by atoms with van der Waals surface area (Å²) in [5.74, 6) is 1.08. The Morgan fingerprint density at radius 2 is 1.41 bits per heavy atom. The van der Waals surface area contributed by atoms with Gasteiger partial charge >= 0.3 is 0 Å². The Balaban J connectivity index is 1.18. The molecule has 164 valence electrons. The van der Waals surface area contributed by atoms with Gasteiger partial charge in [0.1, 0.15) is 0 Å². The van der Waals surface area contributed by atoms with Crippen LogP contribution in [0.25, 0.3) is 34.4 Å². The Kier molecular flexibility index (Phi) is 4.65. The van der Waals surface area contributed by atoms with Crippen LogP contribution in [0.1, 0.15) is 58.9 Å². The smallest absolute Gasteiger partial charge is 0.00608 e. The molecule has 2 atom stereocenters. The fourth-order valence-electron chi connectivity index (χ4n) is 6.51. The molecule has 0 spiro atoms. The summed E-state index contributed by atoms with van der Waals surface area (Å²) in [5.41, 5.74) is 14.6. The van der Waals surface area contributed by atoms with Gasteiger partial charge in [0, 0.05) is 11.8 Å². The molecular formula is C34H28. The van der Waals surface area contributed by atoms with Gasteiger partial charge < -0.3 is 0 Å². The first-order valence-corrected chi connectivity index (χ1v) is 12.6. The van der Waals surface area contributed by atoms with Gasteiger partial charge in [0.05, 0.1) is 0 Å². The zero-order valence-electron chi connectivity index (χ0n) is 19.4. The van der Waals surface area contributed by atoms with Gasteiger partial charge in [0.2, 0.25) is 0 Å². The topological polar surface area (TPSA) is 0 Å². The summed E-state index contributed by atoms with van der Waals surface area (Å²) in [6.07, 6.45) is 12.1. The summed E-state index contributed by atoms with van der Waals surface area (Å²) in [5, 5.41) is 0. The Labute approximate surface area is 202 Å². The monoisotopic (exact) mass is 436 g/mol. The Bertz CT molecular complexity index is 1450. The van der Waals surface area contributed by atoms with Gasteiger partial charge in [-0.3, -0.25) is 0 Å². The second-order valence-electron chi connectivity index (χ2n) is 9.95. The number of hydrogen-bond acceptors (Lipinski definition) is 0. The number of rotatable bonds is 4. The van der Waals surface area contributed by atoms with Crippen LogP contribution in [0.3, 0.4) is 0 Å². The molecular weight excluding hydrogens is 408 g/mol. The second kappa shape index (κ2) is 7.99. The van der Waals surface area contributed by atoms with E-state index in [-0.39, 0.29) is 0 Å². The highest BCUT2D eigenvalue weighted by Gasteiger charge is 2.30. The van der Waals surface area contributed by atoms with Gasteiger partial charge in [0.15, 0.2) is 0 Å². The van der Waals surface area contributed by atoms with E-state index in [1.54, 1.807) is 11.1 Å². The fourth-order valence-corrected chi connectivity index (χ4v) is 6.51. The van der Waals surface area contributed by atoms with Crippen molar-refractivity contribution in [1.29, 1.82) is 0 Å². The van der Waals surface area contributed by atoms with Crippen molar-refractivity contribution in [3.63, 3.8) is 0 Å². The summed E-state index contributed by atoms with van der Waals surface area (Å²) in [6.45, 7) is 0. The fraction of sp³-hybridized carbons (Fsp3) is 0.176. The molecule has 0 aromatic heterocycles. The van der Waals surface area contributed by atoms with E-state index in [2.05, 4.69) is 109 Å². The first-order valence-electron chi connectivity index (χ1n) is 12.6. The molecule has 0 heteroatoms. The zero-order valence-corrected chi connectivity index (χ0v) is 19.4. The van der Waals surface area contributed by atoms with Crippen LogP contribution in [0.5, 0.6) is 0 Å². The first kappa shape index (κ1) is 19.8. The first-order chi connectivity index (χ1) is 16.9. The maximum atomic E-state index is 2.54. The molecule has 0 saturated carbocycles. The van der Waals surface area contributed by atoms with E-state index >= 15 is 0 Å². The molecule has 0 nitrogen and oxygen atoms in total. The van der Waals surface area contributed by atoms with Gasteiger partial charge in [-0.2, -0.15) is 0 Å². The molecule has 0 radical (unpaired) electrons. The zero-order chi connectivity index (χ0) is 22.5. The van der Waals surface area contributed by atoms with Gasteiger partial charge in [-0.15, -0.1) is 0 Å². The predicted molar refractivity (Wildman–Crippen MR) is 144 cm³/mol. The van der Waals surface area contributed by atoms with E-state index in [0.29, 0.717) is 11.8 Å². The highest BCUT2D eigenvalue weighted by Crippen LogP contribution is 2.49. The van der Waals surface area contributed by atoms with E-state index < -0.39 is 0 Å². The third-order valence-electron chi connectivity index (χ3n) is 8.17. The lowest BCUT2D eigenvalue weighted by Gasteiger charge is -2.22. The molecule has 0 N–H and O–H groups in total. The van der Waals surface area contributed by atoms with E-state index in [0.717, 1.165) is 6.42 Å². The molecule has 2 unspecified atom stereocenters. The van der Waals surface area contributed by atoms with Gasteiger partial charge in [-0.25, -0.2) is 0 Å². The molecule has 0 heterocycles. The number of benzene rings is 4. The van der Waals surface area contributed by atoms with Gasteiger partial charge in [-0.05, 0) is 75.8 Å². The van der Waals surface area contributed by atoms with Crippen molar-refractivity contribution < 1.29 is 0 Å². The molecule has 4 bridgehead atoms. The van der Waals surface area contributed by atoms with E-state index in [9.17, 15) is 0 Å². The Morgan fingerprint density at radius 3 is 2.32 bits per heavy atom. The van der Waals surface area contributed by atoms with E-state index in [1.807, 2.05) is 0 Å². The Morgan fingerprint density at radius 1 is 0.647 bits per heavy atom. The van der Waals surface area contributed by atoms with Crippen molar-refractivity contribution in [1.82, 2.24) is 0 Å². The van der Waals surface area contributed by atoms with Crippen LogP contribution >= 0.6 is 0 Å². The van der Waals surface area contributed by atoms with E-state index in [4.69, 9.17) is 0 Å². The molecule has 34 heavy (non-hydrogen) atoms. The molecule has 7 rings (SSSR count). The minimum atomic E-state index is 0.505. The quantitative estimate of drug-likeness (QED) is 0.299. The summed E-state index contributed by atoms with van der Waals surface area (Å²) in [6, 6.07) is 33.6. The molecule has 0 saturated heterocycles. The molecule has 0 fully saturated rings. The maximum Gasteiger partial charge on any atom is 0.00608 e. The summed E-state index contributed by atoms with van der Waals surface area (Å²) >= 11 is 0. The third kappa shape index (κ3) is 3.13. The number of hydrogen-bond donors (Lipinski definition) is 0. The van der Waals surface area contributed by atoms with Crippen molar-refractivity contribution >= 4 is 12.2 Å². The van der Waals surface area contributed by atoms with Gasteiger partial charge in [-0.1, -0.05) is 115 Å². The largest absolute Gasteiger partial charge is 0.0763 e. The Hall–Kier alpha value is -3.64. The summed E-state index contributed by atoms with van der Waals surface area (Å²) in [7, 11) is 0. The minimum Gasteiger partial charge on any atom is -0.0763 e. The van der Waals surface area contributed by atoms with Gasteiger partial charge in [0.25, 0.3) is 0 Å². The van der Waals surface area contributed by atoms with Crippen LogP contribution in [0.2, 0.25) is 0 Å². The van der Waals surface area contributed by atoms with Crippen molar-refractivity contribution in [3.8, 4) is 22.3 Å². The number of allylic oxidation sites excluding steroid dienone is 2. The predicted octanol–water partition coefficient (Wildman–Crippen LogP) is 9.04. The van der Waals surface area contributed by atoms with Crippen LogP contribution in [0.4, 0.5) is 0 Å². The lowest BCUT2D eigenvalue weighted by molar-refractivity contribution is 0.649. The second-order valence-corrected chi connectivity index (χ2v) is 9.95. The minimum absolute atomic E-state index is 0.505. The van der Waals surface area contributed by atoms with Crippen molar-refractivity contribution in [2.45, 2.75) is 37.5 Å². The lowest BCUT2D eigenvalue weighted by Crippen LogP contribution is -2.06. The van der Waals surface area contributed by atoms with E-state index in [1.165, 1.54) is 63.8 Å². The standard InChI is InChI=1S/C34H28/c1-2-8-23(9-3-1)28-12-6-13-29-25(19-21-33(28)29)16-17-26-22-34-31-14-7-15-32(34)30(26)20-18-24-10-4-5-11-27(24)31/h1-15,19,21-22,25,30H,16-18,20H2. The molecule has 3 aliphatic carbocycles. The molecule has 3 aliphatic rings. The third-order valence-corrected chi connectivity index (χ3v) is 8.17. The maximum absolute atomic E-state index is 2.54. The average molecular weight is 437 g/mol. The molecule has 4 aromatic rings. The lowest BCUT2D eigenvalue weighted by atomic mass is 9.82. The normalized spacial score (nSPS) is 19.2. The summed E-state index contributed by atoms with van der Waals surface area (Å²) < 4.78 is 0. The van der Waals surface area contributed by atoms with Crippen LogP contribution in [0, 0.1) is 0 Å². The molecule has 0 amide bonds. The van der Waals surface area contributed by atoms with Crippen LogP contribution in [-0.2, 0) is 6.42 Å². The number of fused-ring (bicyclic) bond motifs is 3. The van der Waals surface area contributed by atoms with Crippen LogP contribution in [-0.4, -0.2) is 0 Å². The highest BCUT2D eigenvalue weighted by atomic mass is 14.3. The average Bonchev–Trinajstić information content (AvgIpc) is 3.49. The SMILES string of the molecule is C1=CC(CCC2=Cc3c4cccc3C2CCc2ccccc2-4)c2cccc(-c3ccccc3)c21. The highest BCUT2D eigenvalue weighted by molar-refractivity contribution is 5.84. The van der Waals surface area contributed by atoms with Crippen LogP contribution < -0.4 is 0 Å². The van der Waals surface area contributed by atoms with Crippen molar-refractivity contribution in [3.05, 3.63) is 130 Å². The number of aryl methyl sites for hydroxylation is 1. The van der Waals surface area contributed by atoms with Crippen LogP contribution in [0.15, 0.2) is 103 Å². The van der Waals surface area contributed by atoms with Crippen molar-refractivity contribution in [2.75, 3.05) is 0 Å². The van der Waals surface area contributed by atoms with Crippen molar-refractivity contribution in [2.24, 2.45) is 0 Å². The molecule has 0 aliphatic heterocycles. The summed E-state index contributed by atoms with van der Waals surface area (Å²) in [4.78, 5) is 0.